The quantitative estimate of drug-likeness (QED) is 0.845. The number of aliphatic carboxylic acids is 1. The fourth-order valence-corrected chi connectivity index (χ4v) is 3.19. The summed E-state index contributed by atoms with van der Waals surface area (Å²) in [5.74, 6) is -0.853. The summed E-state index contributed by atoms with van der Waals surface area (Å²) in [7, 11) is 0. The van der Waals surface area contributed by atoms with Crippen LogP contribution in [0.5, 0.6) is 0 Å². The number of H-pyrrole nitrogens is 1. The van der Waals surface area contributed by atoms with E-state index in [0.29, 0.717) is 18.5 Å². The van der Waals surface area contributed by atoms with Gasteiger partial charge in [0.25, 0.3) is 0 Å². The number of likely N-dealkylation sites (tertiary alicyclic amines) is 1. The normalized spacial score (nSPS) is 19.2. The highest BCUT2D eigenvalue weighted by molar-refractivity contribution is 6.10. The molecule has 21 heavy (non-hydrogen) atoms. The van der Waals surface area contributed by atoms with E-state index in [1.54, 1.807) is 4.90 Å². The Hall–Kier alpha value is -2.14. The van der Waals surface area contributed by atoms with Gasteiger partial charge in [-0.15, -0.1) is 0 Å². The Morgan fingerprint density at radius 3 is 2.90 bits per heavy atom. The number of carbonyl (C=O) groups is 2. The van der Waals surface area contributed by atoms with E-state index in [2.05, 4.69) is 4.98 Å². The molecule has 0 bridgehead atoms. The van der Waals surface area contributed by atoms with Gasteiger partial charge in [-0.05, 0) is 32.4 Å². The zero-order valence-corrected chi connectivity index (χ0v) is 11.9. The monoisotopic (exact) mass is 286 g/mol. The fourth-order valence-electron chi connectivity index (χ4n) is 3.19. The topological polar surface area (TPSA) is 73.4 Å². The van der Waals surface area contributed by atoms with Crippen LogP contribution in [-0.4, -0.2) is 45.9 Å². The Labute approximate surface area is 122 Å². The minimum atomic E-state index is -0.837. The molecular weight excluding hydrogens is 268 g/mol. The summed E-state index contributed by atoms with van der Waals surface area (Å²) in [5, 5.41) is 10.1. The molecule has 1 aromatic carbocycles. The van der Waals surface area contributed by atoms with E-state index in [4.69, 9.17) is 0 Å². The average Bonchev–Trinajstić information content (AvgIpc) is 3.01. The number of aryl methyl sites for hydroxylation is 1. The van der Waals surface area contributed by atoms with E-state index in [9.17, 15) is 14.7 Å². The summed E-state index contributed by atoms with van der Waals surface area (Å²) in [6.07, 6.45) is 1.45. The molecule has 0 unspecified atom stereocenters. The third-order valence-corrected chi connectivity index (χ3v) is 4.17. The van der Waals surface area contributed by atoms with Crippen molar-refractivity contribution >= 4 is 22.7 Å². The van der Waals surface area contributed by atoms with Gasteiger partial charge in [0.05, 0.1) is 6.54 Å². The molecule has 1 atom stereocenters. The number of fused-ring (bicyclic) bond motifs is 1. The van der Waals surface area contributed by atoms with Crippen molar-refractivity contribution in [1.82, 2.24) is 9.88 Å². The Morgan fingerprint density at radius 1 is 1.38 bits per heavy atom. The molecule has 0 radical (unpaired) electrons. The maximum Gasteiger partial charge on any atom is 0.320 e. The van der Waals surface area contributed by atoms with Crippen LogP contribution < -0.4 is 0 Å². The number of benzene rings is 1. The number of hydrogen-bond donors (Lipinski definition) is 2. The summed E-state index contributed by atoms with van der Waals surface area (Å²) >= 11 is 0. The zero-order valence-electron chi connectivity index (χ0n) is 11.9. The summed E-state index contributed by atoms with van der Waals surface area (Å²) in [4.78, 5) is 28.8. The third-order valence-electron chi connectivity index (χ3n) is 4.17. The highest BCUT2D eigenvalue weighted by atomic mass is 16.4. The van der Waals surface area contributed by atoms with E-state index in [1.807, 2.05) is 31.2 Å². The van der Waals surface area contributed by atoms with Gasteiger partial charge in [-0.3, -0.25) is 14.5 Å². The molecule has 1 saturated heterocycles. The van der Waals surface area contributed by atoms with Gasteiger partial charge in [0.2, 0.25) is 0 Å². The second-order valence-electron chi connectivity index (χ2n) is 5.56. The van der Waals surface area contributed by atoms with Crippen LogP contribution in [-0.2, 0) is 4.79 Å². The number of ketones is 1. The van der Waals surface area contributed by atoms with E-state index in [0.717, 1.165) is 23.0 Å². The molecule has 0 spiro atoms. The zero-order chi connectivity index (χ0) is 15.0. The van der Waals surface area contributed by atoms with Gasteiger partial charge in [-0.1, -0.05) is 18.2 Å². The molecule has 1 aliphatic rings. The smallest absolute Gasteiger partial charge is 0.320 e. The molecular formula is C16H18N2O3. The van der Waals surface area contributed by atoms with Crippen molar-refractivity contribution in [3.63, 3.8) is 0 Å². The first-order valence-electron chi connectivity index (χ1n) is 7.15. The Balaban J connectivity index is 1.87. The summed E-state index contributed by atoms with van der Waals surface area (Å²) in [5.41, 5.74) is 2.46. The first kappa shape index (κ1) is 13.8. The molecule has 2 heterocycles. The van der Waals surface area contributed by atoms with Gasteiger partial charge in [0, 0.05) is 22.2 Å². The highest BCUT2D eigenvalue weighted by Gasteiger charge is 2.32. The van der Waals surface area contributed by atoms with Crippen LogP contribution in [0, 0.1) is 6.92 Å². The van der Waals surface area contributed by atoms with Crippen LogP contribution in [0.3, 0.4) is 0 Å². The number of hydrogen-bond acceptors (Lipinski definition) is 3. The van der Waals surface area contributed by atoms with Gasteiger partial charge in [-0.25, -0.2) is 0 Å². The van der Waals surface area contributed by atoms with Gasteiger partial charge >= 0.3 is 5.97 Å². The molecule has 0 amide bonds. The largest absolute Gasteiger partial charge is 0.480 e. The van der Waals surface area contributed by atoms with Crippen molar-refractivity contribution in [1.29, 1.82) is 0 Å². The fraction of sp³-hybridized carbons (Fsp3) is 0.375. The van der Waals surface area contributed by atoms with Gasteiger partial charge in [-0.2, -0.15) is 0 Å². The second-order valence-corrected chi connectivity index (χ2v) is 5.56. The molecule has 1 aliphatic heterocycles. The lowest BCUT2D eigenvalue weighted by atomic mass is 10.1. The van der Waals surface area contributed by atoms with Crippen molar-refractivity contribution in [3.8, 4) is 0 Å². The molecule has 5 heteroatoms. The van der Waals surface area contributed by atoms with Crippen molar-refractivity contribution in [2.45, 2.75) is 25.8 Å². The van der Waals surface area contributed by atoms with Crippen LogP contribution in [0.1, 0.15) is 28.9 Å². The number of nitrogens with one attached hydrogen (secondary N) is 1. The van der Waals surface area contributed by atoms with Crippen LogP contribution in [0.2, 0.25) is 0 Å². The van der Waals surface area contributed by atoms with Crippen LogP contribution in [0.25, 0.3) is 10.9 Å². The van der Waals surface area contributed by atoms with Gasteiger partial charge < -0.3 is 10.1 Å². The Kier molecular flexibility index (Phi) is 3.51. The second kappa shape index (κ2) is 5.33. The standard InChI is InChI=1S/C16H18N2O3/c1-10-15(11-5-2-3-6-12(11)17-10)14(19)9-18-8-4-7-13(18)16(20)21/h2-3,5-6,13,17H,4,7-9H2,1H3,(H,20,21)/t13-/m1/s1. The number of para-hydroxylation sites is 1. The summed E-state index contributed by atoms with van der Waals surface area (Å²) < 4.78 is 0. The third kappa shape index (κ3) is 2.45. The van der Waals surface area contributed by atoms with Gasteiger partial charge in [0.1, 0.15) is 6.04 Å². The molecule has 1 fully saturated rings. The number of carboxylic acids is 1. The molecule has 2 aromatic rings. The molecule has 0 aliphatic carbocycles. The van der Waals surface area contributed by atoms with Gasteiger partial charge in [0.15, 0.2) is 5.78 Å². The Bertz CT molecular complexity index is 705. The lowest BCUT2D eigenvalue weighted by Crippen LogP contribution is -2.39. The first-order chi connectivity index (χ1) is 10.1. The number of Topliss-reactive ketones (excluding diaryl/α,β-unsaturated/α-hetero) is 1. The molecule has 3 rings (SSSR count). The van der Waals surface area contributed by atoms with Crippen molar-refractivity contribution in [2.24, 2.45) is 0 Å². The Morgan fingerprint density at radius 2 is 2.14 bits per heavy atom. The summed E-state index contributed by atoms with van der Waals surface area (Å²) in [6.45, 7) is 2.72. The predicted octanol–water partition coefficient (Wildman–Crippen LogP) is 2.21. The number of nitrogens with zero attached hydrogens (tertiary/aromatic N) is 1. The lowest BCUT2D eigenvalue weighted by molar-refractivity contribution is -0.141. The molecule has 110 valence electrons. The minimum absolute atomic E-state index is 0.0156. The maximum atomic E-state index is 12.6. The number of aromatic nitrogens is 1. The van der Waals surface area contributed by atoms with Crippen LogP contribution >= 0.6 is 0 Å². The SMILES string of the molecule is Cc1[nH]c2ccccc2c1C(=O)CN1CCC[C@@H]1C(=O)O. The number of rotatable bonds is 4. The minimum Gasteiger partial charge on any atom is -0.480 e. The van der Waals surface area contributed by atoms with Crippen LogP contribution in [0.4, 0.5) is 0 Å². The van der Waals surface area contributed by atoms with Crippen molar-refractivity contribution in [3.05, 3.63) is 35.5 Å². The number of carbonyl (C=O) groups excluding carboxylic acids is 1. The number of aromatic amines is 1. The van der Waals surface area contributed by atoms with E-state index in [1.165, 1.54) is 0 Å². The van der Waals surface area contributed by atoms with E-state index >= 15 is 0 Å². The number of carboxylic acid groups (broad SMARTS) is 1. The molecule has 0 saturated carbocycles. The maximum absolute atomic E-state index is 12.6. The molecule has 2 N–H and O–H groups in total. The first-order valence-corrected chi connectivity index (χ1v) is 7.15. The highest BCUT2D eigenvalue weighted by Crippen LogP contribution is 2.24. The van der Waals surface area contributed by atoms with E-state index < -0.39 is 12.0 Å². The molecule has 1 aromatic heterocycles. The van der Waals surface area contributed by atoms with Crippen molar-refractivity contribution in [2.75, 3.05) is 13.1 Å². The average molecular weight is 286 g/mol. The predicted molar refractivity (Wildman–Crippen MR) is 79.6 cm³/mol. The van der Waals surface area contributed by atoms with Crippen LogP contribution in [0.15, 0.2) is 24.3 Å². The van der Waals surface area contributed by atoms with E-state index in [-0.39, 0.29) is 12.3 Å². The van der Waals surface area contributed by atoms with Crippen molar-refractivity contribution < 1.29 is 14.7 Å². The summed E-state index contributed by atoms with van der Waals surface area (Å²) in [6, 6.07) is 7.16. The lowest BCUT2D eigenvalue weighted by Gasteiger charge is -2.20. The molecule has 5 nitrogen and oxygen atoms in total.